The smallest absolute Gasteiger partial charge is 0.320 e. The highest BCUT2D eigenvalue weighted by molar-refractivity contribution is 7.14. The van der Waals surface area contributed by atoms with Gasteiger partial charge >= 0.3 is 5.97 Å². The molecule has 1 N–H and O–H groups in total. The second-order valence-corrected chi connectivity index (χ2v) is 7.43. The van der Waals surface area contributed by atoms with Crippen LogP contribution in [0.25, 0.3) is 11.3 Å². The first kappa shape index (κ1) is 21.3. The standard InChI is InChI=1S/C19H22F2N4O3S/c1-2-28-18(27)11-25-7-5-24(6-8-25)10-17(26)23-19-22-16(12-29-19)13-3-4-14(20)15(21)9-13/h3-4,9,12H,2,5-8,10-11H2,1H3,(H,22,23,26). The van der Waals surface area contributed by atoms with Crippen LogP contribution in [0.3, 0.4) is 0 Å². The lowest BCUT2D eigenvalue weighted by Crippen LogP contribution is -2.49. The Morgan fingerprint density at radius 3 is 2.48 bits per heavy atom. The summed E-state index contributed by atoms with van der Waals surface area (Å²) in [6, 6.07) is 3.56. The van der Waals surface area contributed by atoms with Crippen LogP contribution in [0.4, 0.5) is 13.9 Å². The zero-order valence-electron chi connectivity index (χ0n) is 16.0. The molecule has 0 unspecified atom stereocenters. The van der Waals surface area contributed by atoms with Gasteiger partial charge in [0.1, 0.15) is 0 Å². The van der Waals surface area contributed by atoms with Gasteiger partial charge in [-0.2, -0.15) is 0 Å². The number of halogens is 2. The predicted octanol–water partition coefficient (Wildman–Crippen LogP) is 2.21. The van der Waals surface area contributed by atoms with E-state index in [0.29, 0.717) is 49.2 Å². The molecule has 1 amide bonds. The SMILES string of the molecule is CCOC(=O)CN1CCN(CC(=O)Nc2nc(-c3ccc(F)c(F)c3)cs2)CC1. The minimum Gasteiger partial charge on any atom is -0.465 e. The Balaban J connectivity index is 1.46. The maximum Gasteiger partial charge on any atom is 0.320 e. The number of amides is 1. The highest BCUT2D eigenvalue weighted by Crippen LogP contribution is 2.26. The minimum absolute atomic E-state index is 0.199. The molecule has 2 aromatic rings. The molecule has 1 aliphatic rings. The Morgan fingerprint density at radius 2 is 1.83 bits per heavy atom. The Morgan fingerprint density at radius 1 is 1.14 bits per heavy atom. The molecule has 0 saturated carbocycles. The van der Waals surface area contributed by atoms with Crippen LogP contribution in [0.2, 0.25) is 0 Å². The molecule has 10 heteroatoms. The van der Waals surface area contributed by atoms with Crippen molar-refractivity contribution in [3.8, 4) is 11.3 Å². The molecule has 156 valence electrons. The van der Waals surface area contributed by atoms with Crippen molar-refractivity contribution >= 4 is 28.3 Å². The molecule has 2 heterocycles. The number of nitrogens with one attached hydrogen (secondary N) is 1. The van der Waals surface area contributed by atoms with Crippen LogP contribution in [0.1, 0.15) is 6.92 Å². The molecule has 3 rings (SSSR count). The monoisotopic (exact) mass is 424 g/mol. The molecular formula is C19H22F2N4O3S. The molecule has 29 heavy (non-hydrogen) atoms. The topological polar surface area (TPSA) is 74.8 Å². The first-order valence-corrected chi connectivity index (χ1v) is 10.1. The highest BCUT2D eigenvalue weighted by atomic mass is 32.1. The third-order valence-corrected chi connectivity index (χ3v) is 5.21. The van der Waals surface area contributed by atoms with Crippen molar-refractivity contribution in [3.63, 3.8) is 0 Å². The van der Waals surface area contributed by atoms with Crippen LogP contribution in [0.5, 0.6) is 0 Å². The molecule has 1 aromatic heterocycles. The number of anilines is 1. The van der Waals surface area contributed by atoms with Crippen molar-refractivity contribution in [1.29, 1.82) is 0 Å². The lowest BCUT2D eigenvalue weighted by Gasteiger charge is -2.33. The van der Waals surface area contributed by atoms with Gasteiger partial charge in [0.25, 0.3) is 0 Å². The molecule has 0 bridgehead atoms. The summed E-state index contributed by atoms with van der Waals surface area (Å²) in [5.74, 6) is -2.29. The second-order valence-electron chi connectivity index (χ2n) is 6.57. The average molecular weight is 424 g/mol. The van der Waals surface area contributed by atoms with E-state index in [1.54, 1.807) is 12.3 Å². The fraction of sp³-hybridized carbons (Fsp3) is 0.421. The molecule has 1 aliphatic heterocycles. The zero-order valence-corrected chi connectivity index (χ0v) is 16.8. The van der Waals surface area contributed by atoms with Gasteiger partial charge in [-0.1, -0.05) is 0 Å². The maximum absolute atomic E-state index is 13.4. The quantitative estimate of drug-likeness (QED) is 0.687. The van der Waals surface area contributed by atoms with Crippen LogP contribution >= 0.6 is 11.3 Å². The number of hydrogen-bond acceptors (Lipinski definition) is 7. The number of benzene rings is 1. The van der Waals surface area contributed by atoms with Gasteiger partial charge in [-0.15, -0.1) is 11.3 Å². The average Bonchev–Trinajstić information content (AvgIpc) is 3.14. The van der Waals surface area contributed by atoms with E-state index in [9.17, 15) is 18.4 Å². The van der Waals surface area contributed by atoms with E-state index in [1.165, 1.54) is 17.4 Å². The number of aromatic nitrogens is 1. The van der Waals surface area contributed by atoms with Gasteiger partial charge in [0, 0.05) is 37.1 Å². The zero-order chi connectivity index (χ0) is 20.8. The number of hydrogen-bond donors (Lipinski definition) is 1. The van der Waals surface area contributed by atoms with E-state index < -0.39 is 11.6 Å². The van der Waals surface area contributed by atoms with E-state index in [1.807, 2.05) is 9.80 Å². The van der Waals surface area contributed by atoms with Crippen molar-refractivity contribution in [1.82, 2.24) is 14.8 Å². The number of piperazine rings is 1. The van der Waals surface area contributed by atoms with Crippen molar-refractivity contribution in [3.05, 3.63) is 35.2 Å². The van der Waals surface area contributed by atoms with Crippen molar-refractivity contribution in [2.75, 3.05) is 51.2 Å². The Kier molecular flexibility index (Phi) is 7.24. The second kappa shape index (κ2) is 9.86. The van der Waals surface area contributed by atoms with Gasteiger partial charge in [-0.05, 0) is 25.1 Å². The number of carbonyl (C=O) groups is 2. The number of rotatable bonds is 7. The largest absolute Gasteiger partial charge is 0.465 e. The Bertz CT molecular complexity index is 869. The van der Waals surface area contributed by atoms with Crippen molar-refractivity contribution in [2.24, 2.45) is 0 Å². The lowest BCUT2D eigenvalue weighted by atomic mass is 10.2. The van der Waals surface area contributed by atoms with E-state index in [2.05, 4.69) is 10.3 Å². The summed E-state index contributed by atoms with van der Waals surface area (Å²) in [5.41, 5.74) is 0.912. The van der Waals surface area contributed by atoms with Crippen molar-refractivity contribution < 1.29 is 23.1 Å². The van der Waals surface area contributed by atoms with Gasteiger partial charge in [0.15, 0.2) is 16.8 Å². The normalized spacial score (nSPS) is 15.3. The van der Waals surface area contributed by atoms with Crippen LogP contribution in [-0.2, 0) is 14.3 Å². The molecule has 1 saturated heterocycles. The summed E-state index contributed by atoms with van der Waals surface area (Å²) < 4.78 is 31.4. The molecule has 0 spiro atoms. The maximum atomic E-state index is 13.4. The summed E-state index contributed by atoms with van der Waals surface area (Å²) in [4.78, 5) is 32.1. The van der Waals surface area contributed by atoms with Crippen LogP contribution < -0.4 is 5.32 Å². The van der Waals surface area contributed by atoms with Crippen LogP contribution in [-0.4, -0.2) is 72.5 Å². The van der Waals surface area contributed by atoms with Crippen LogP contribution in [0, 0.1) is 11.6 Å². The van der Waals surface area contributed by atoms with Crippen LogP contribution in [0.15, 0.2) is 23.6 Å². The molecule has 7 nitrogen and oxygen atoms in total. The third kappa shape index (κ3) is 6.02. The molecule has 1 fully saturated rings. The summed E-state index contributed by atoms with van der Waals surface area (Å²) >= 11 is 1.22. The van der Waals surface area contributed by atoms with Gasteiger partial charge in [0.2, 0.25) is 5.91 Å². The van der Waals surface area contributed by atoms with Crippen molar-refractivity contribution in [2.45, 2.75) is 6.92 Å². The molecule has 0 aliphatic carbocycles. The number of carbonyl (C=O) groups excluding carboxylic acids is 2. The Labute approximate surface area is 171 Å². The van der Waals surface area contributed by atoms with E-state index in [4.69, 9.17) is 4.74 Å². The van der Waals surface area contributed by atoms with E-state index >= 15 is 0 Å². The number of thiazole rings is 1. The first-order chi connectivity index (χ1) is 13.9. The summed E-state index contributed by atoms with van der Waals surface area (Å²) in [6.07, 6.45) is 0. The predicted molar refractivity (Wildman–Crippen MR) is 106 cm³/mol. The summed E-state index contributed by atoms with van der Waals surface area (Å²) in [7, 11) is 0. The van der Waals surface area contributed by atoms with Gasteiger partial charge in [0.05, 0.1) is 25.4 Å². The fourth-order valence-electron chi connectivity index (χ4n) is 2.98. The number of ether oxygens (including phenoxy) is 1. The lowest BCUT2D eigenvalue weighted by molar-refractivity contribution is -0.145. The molecular weight excluding hydrogens is 402 g/mol. The Hall–Kier alpha value is -2.43. The third-order valence-electron chi connectivity index (χ3n) is 4.46. The summed E-state index contributed by atoms with van der Waals surface area (Å²) in [5, 5.41) is 4.81. The minimum atomic E-state index is -0.941. The molecule has 1 aromatic carbocycles. The summed E-state index contributed by atoms with van der Waals surface area (Å²) in [6.45, 7) is 5.33. The number of nitrogens with zero attached hydrogens (tertiary/aromatic N) is 3. The fourth-order valence-corrected chi connectivity index (χ4v) is 3.71. The van der Waals surface area contributed by atoms with E-state index in [0.717, 1.165) is 12.1 Å². The van der Waals surface area contributed by atoms with Gasteiger partial charge in [-0.3, -0.25) is 19.4 Å². The number of esters is 1. The van der Waals surface area contributed by atoms with Gasteiger partial charge < -0.3 is 10.1 Å². The highest BCUT2D eigenvalue weighted by Gasteiger charge is 2.21. The van der Waals surface area contributed by atoms with Gasteiger partial charge in [-0.25, -0.2) is 13.8 Å². The first-order valence-electron chi connectivity index (χ1n) is 9.25. The molecule has 0 radical (unpaired) electrons. The molecule has 0 atom stereocenters. The van der Waals surface area contributed by atoms with E-state index in [-0.39, 0.29) is 25.0 Å².